The van der Waals surface area contributed by atoms with Gasteiger partial charge < -0.3 is 15.0 Å². The first-order valence-corrected chi connectivity index (χ1v) is 6.90. The number of methoxy groups -OCH3 is 1. The van der Waals surface area contributed by atoms with Crippen molar-refractivity contribution in [3.05, 3.63) is 11.9 Å². The molecule has 3 rings (SSSR count). The molecule has 19 heavy (non-hydrogen) atoms. The smallest absolute Gasteiger partial charge is 0.218 e. The molecule has 0 radical (unpaired) electrons. The molecule has 0 spiro atoms. The summed E-state index contributed by atoms with van der Waals surface area (Å²) in [7, 11) is 1.65. The predicted octanol–water partition coefficient (Wildman–Crippen LogP) is 1.23. The van der Waals surface area contributed by atoms with Crippen molar-refractivity contribution in [3.63, 3.8) is 0 Å². The molecule has 2 fully saturated rings. The van der Waals surface area contributed by atoms with Crippen LogP contribution in [0.1, 0.15) is 19.7 Å². The maximum atomic E-state index is 5.27. The Hall–Kier alpha value is -1.36. The number of nitrogens with zero attached hydrogens (tertiary/aromatic N) is 3. The van der Waals surface area contributed by atoms with Crippen LogP contribution >= 0.6 is 0 Å². The summed E-state index contributed by atoms with van der Waals surface area (Å²) in [5, 5.41) is 3.50. The van der Waals surface area contributed by atoms with Gasteiger partial charge in [-0.25, -0.2) is 4.98 Å². The summed E-state index contributed by atoms with van der Waals surface area (Å²) in [5.74, 6) is 3.81. The normalized spacial score (nSPS) is 28.5. The van der Waals surface area contributed by atoms with Crippen molar-refractivity contribution in [2.45, 2.75) is 26.3 Å². The SMILES string of the molecule is COc1cc(N2CC3CNCC3C2(C)C)nc(C)n1. The predicted molar refractivity (Wildman–Crippen MR) is 74.6 cm³/mol. The molecular formula is C14H22N4O. The summed E-state index contributed by atoms with van der Waals surface area (Å²) in [4.78, 5) is 11.3. The van der Waals surface area contributed by atoms with Crippen LogP contribution in [-0.2, 0) is 0 Å². The van der Waals surface area contributed by atoms with E-state index in [-0.39, 0.29) is 5.54 Å². The van der Waals surface area contributed by atoms with Gasteiger partial charge in [0.15, 0.2) is 0 Å². The van der Waals surface area contributed by atoms with E-state index in [9.17, 15) is 0 Å². The van der Waals surface area contributed by atoms with Gasteiger partial charge >= 0.3 is 0 Å². The minimum absolute atomic E-state index is 0.125. The van der Waals surface area contributed by atoms with E-state index in [4.69, 9.17) is 4.74 Å². The Morgan fingerprint density at radius 1 is 1.37 bits per heavy atom. The summed E-state index contributed by atoms with van der Waals surface area (Å²) in [6, 6.07) is 1.95. The number of fused-ring (bicyclic) bond motifs is 1. The van der Waals surface area contributed by atoms with Crippen molar-refractivity contribution >= 4 is 5.82 Å². The van der Waals surface area contributed by atoms with E-state index >= 15 is 0 Å². The third kappa shape index (κ3) is 1.96. The molecule has 0 amide bonds. The molecule has 2 aliphatic heterocycles. The Morgan fingerprint density at radius 3 is 2.84 bits per heavy atom. The van der Waals surface area contributed by atoms with Crippen LogP contribution in [0.5, 0.6) is 5.88 Å². The van der Waals surface area contributed by atoms with Crippen LogP contribution < -0.4 is 15.0 Å². The standard InChI is InChI=1S/C14H22N4O/c1-9-16-12(5-13(17-9)19-4)18-8-10-6-15-7-11(10)14(18,2)3/h5,10-11,15H,6-8H2,1-4H3. The largest absolute Gasteiger partial charge is 0.481 e. The second-order valence-electron chi connectivity index (χ2n) is 6.10. The number of rotatable bonds is 2. The molecule has 2 aliphatic rings. The highest BCUT2D eigenvalue weighted by atomic mass is 16.5. The average molecular weight is 262 g/mol. The molecule has 3 heterocycles. The number of aryl methyl sites for hydroxylation is 1. The van der Waals surface area contributed by atoms with Crippen LogP contribution in [0.4, 0.5) is 5.82 Å². The summed E-state index contributed by atoms with van der Waals surface area (Å²) in [5.41, 5.74) is 0.125. The number of hydrogen-bond donors (Lipinski definition) is 1. The minimum Gasteiger partial charge on any atom is -0.481 e. The lowest BCUT2D eigenvalue weighted by Gasteiger charge is -2.36. The molecule has 0 bridgehead atoms. The Labute approximate surface area is 114 Å². The zero-order valence-corrected chi connectivity index (χ0v) is 12.1. The molecular weight excluding hydrogens is 240 g/mol. The highest BCUT2D eigenvalue weighted by Crippen LogP contribution is 2.42. The molecule has 2 atom stereocenters. The lowest BCUT2D eigenvalue weighted by atomic mass is 9.85. The third-order valence-corrected chi connectivity index (χ3v) is 4.65. The number of aromatic nitrogens is 2. The van der Waals surface area contributed by atoms with Crippen LogP contribution in [0.25, 0.3) is 0 Å². The molecule has 0 aromatic carbocycles. The van der Waals surface area contributed by atoms with Crippen LogP contribution in [0.15, 0.2) is 6.07 Å². The first-order chi connectivity index (χ1) is 9.02. The quantitative estimate of drug-likeness (QED) is 0.868. The molecule has 2 saturated heterocycles. The Kier molecular flexibility index (Phi) is 2.89. The summed E-state index contributed by atoms with van der Waals surface area (Å²) in [6.07, 6.45) is 0. The second-order valence-corrected chi connectivity index (χ2v) is 6.10. The highest BCUT2D eigenvalue weighted by Gasteiger charge is 2.50. The van der Waals surface area contributed by atoms with Gasteiger partial charge in [0.1, 0.15) is 11.6 Å². The van der Waals surface area contributed by atoms with E-state index in [2.05, 4.69) is 34.0 Å². The lowest BCUT2D eigenvalue weighted by Crippen LogP contribution is -2.45. The van der Waals surface area contributed by atoms with Gasteiger partial charge in [-0.1, -0.05) is 0 Å². The highest BCUT2D eigenvalue weighted by molar-refractivity contribution is 5.47. The topological polar surface area (TPSA) is 50.3 Å². The van der Waals surface area contributed by atoms with Gasteiger partial charge in [0.05, 0.1) is 7.11 Å². The van der Waals surface area contributed by atoms with Gasteiger partial charge in [-0.05, 0) is 32.6 Å². The van der Waals surface area contributed by atoms with E-state index in [0.29, 0.717) is 11.8 Å². The van der Waals surface area contributed by atoms with Crippen molar-refractivity contribution in [2.75, 3.05) is 31.6 Å². The molecule has 1 N–H and O–H groups in total. The molecule has 5 heteroatoms. The summed E-state index contributed by atoms with van der Waals surface area (Å²) in [6.45, 7) is 9.83. The van der Waals surface area contributed by atoms with Gasteiger partial charge in [0.2, 0.25) is 5.88 Å². The average Bonchev–Trinajstić information content (AvgIpc) is 2.91. The van der Waals surface area contributed by atoms with Crippen molar-refractivity contribution in [1.29, 1.82) is 0 Å². The van der Waals surface area contributed by atoms with Crippen molar-refractivity contribution in [1.82, 2.24) is 15.3 Å². The fourth-order valence-electron chi connectivity index (χ4n) is 3.58. The summed E-state index contributed by atoms with van der Waals surface area (Å²) >= 11 is 0. The van der Waals surface area contributed by atoms with Crippen LogP contribution in [-0.4, -0.2) is 42.3 Å². The van der Waals surface area contributed by atoms with Crippen LogP contribution in [0, 0.1) is 18.8 Å². The van der Waals surface area contributed by atoms with Gasteiger partial charge in [-0.3, -0.25) is 0 Å². The maximum absolute atomic E-state index is 5.27. The first-order valence-electron chi connectivity index (χ1n) is 6.90. The van der Waals surface area contributed by atoms with E-state index in [1.54, 1.807) is 7.11 Å². The molecule has 0 saturated carbocycles. The minimum atomic E-state index is 0.125. The van der Waals surface area contributed by atoms with E-state index < -0.39 is 0 Å². The van der Waals surface area contributed by atoms with Crippen LogP contribution in [0.3, 0.4) is 0 Å². The molecule has 104 valence electrons. The van der Waals surface area contributed by atoms with E-state index in [1.807, 2.05) is 13.0 Å². The van der Waals surface area contributed by atoms with Crippen molar-refractivity contribution < 1.29 is 4.74 Å². The Morgan fingerprint density at radius 2 is 2.16 bits per heavy atom. The number of ether oxygens (including phenoxy) is 1. The fourth-order valence-corrected chi connectivity index (χ4v) is 3.58. The van der Waals surface area contributed by atoms with Gasteiger partial charge in [0, 0.05) is 31.2 Å². The zero-order chi connectivity index (χ0) is 13.6. The lowest BCUT2D eigenvalue weighted by molar-refractivity contribution is 0.355. The Balaban J connectivity index is 1.96. The monoisotopic (exact) mass is 262 g/mol. The van der Waals surface area contributed by atoms with Crippen LogP contribution in [0.2, 0.25) is 0 Å². The van der Waals surface area contributed by atoms with Crippen molar-refractivity contribution in [2.24, 2.45) is 11.8 Å². The molecule has 1 aromatic heterocycles. The molecule has 0 aliphatic carbocycles. The summed E-state index contributed by atoms with van der Waals surface area (Å²) < 4.78 is 5.27. The zero-order valence-electron chi connectivity index (χ0n) is 12.1. The molecule has 2 unspecified atom stereocenters. The molecule has 5 nitrogen and oxygen atoms in total. The van der Waals surface area contributed by atoms with Gasteiger partial charge in [-0.2, -0.15) is 4.98 Å². The van der Waals surface area contributed by atoms with E-state index in [1.165, 1.54) is 0 Å². The Bertz CT molecular complexity index is 488. The van der Waals surface area contributed by atoms with E-state index in [0.717, 1.165) is 37.2 Å². The van der Waals surface area contributed by atoms with Gasteiger partial charge in [0.25, 0.3) is 0 Å². The van der Waals surface area contributed by atoms with Gasteiger partial charge in [-0.15, -0.1) is 0 Å². The third-order valence-electron chi connectivity index (χ3n) is 4.65. The first kappa shape index (κ1) is 12.7. The molecule has 1 aromatic rings. The maximum Gasteiger partial charge on any atom is 0.218 e. The number of nitrogens with one attached hydrogen (secondary N) is 1. The van der Waals surface area contributed by atoms with Crippen molar-refractivity contribution in [3.8, 4) is 5.88 Å². The number of hydrogen-bond acceptors (Lipinski definition) is 5. The fraction of sp³-hybridized carbons (Fsp3) is 0.714. The second kappa shape index (κ2) is 4.34. The number of anilines is 1.